The molecular weight excluding hydrogens is 440 g/mol. The van der Waals surface area contributed by atoms with Crippen LogP contribution in [0.15, 0.2) is 0 Å². The Balaban J connectivity index is 3.13. The van der Waals surface area contributed by atoms with Crippen molar-refractivity contribution in [1.82, 2.24) is 0 Å². The van der Waals surface area contributed by atoms with E-state index in [1.165, 1.54) is 173 Å². The second-order valence-corrected chi connectivity index (χ2v) is 11.5. The van der Waals surface area contributed by atoms with E-state index in [4.69, 9.17) is 4.74 Å². The van der Waals surface area contributed by atoms with Crippen molar-refractivity contribution in [3.63, 3.8) is 0 Å². The van der Waals surface area contributed by atoms with Crippen molar-refractivity contribution >= 4 is 5.97 Å². The van der Waals surface area contributed by atoms with E-state index >= 15 is 0 Å². The Morgan fingerprint density at radius 2 is 0.611 bits per heavy atom. The molecule has 0 N–H and O–H groups in total. The van der Waals surface area contributed by atoms with Gasteiger partial charge >= 0.3 is 5.97 Å². The highest BCUT2D eigenvalue weighted by Crippen LogP contribution is 2.15. The van der Waals surface area contributed by atoms with E-state index in [2.05, 4.69) is 13.8 Å². The van der Waals surface area contributed by atoms with E-state index in [-0.39, 0.29) is 5.97 Å². The number of carbonyl (C=O) groups excluding carboxylic acids is 1. The summed E-state index contributed by atoms with van der Waals surface area (Å²) in [6, 6.07) is 0. The molecule has 0 aromatic rings. The number of hydrogen-bond acceptors (Lipinski definition) is 2. The lowest BCUT2D eigenvalue weighted by Gasteiger charge is -2.06. The fraction of sp³-hybridized carbons (Fsp3) is 0.971. The minimum atomic E-state index is 0.0269. The first-order chi connectivity index (χ1) is 17.8. The van der Waals surface area contributed by atoms with Gasteiger partial charge in [-0.25, -0.2) is 0 Å². The monoisotopic (exact) mass is 509 g/mol. The van der Waals surface area contributed by atoms with Crippen LogP contribution in [0.2, 0.25) is 0 Å². The van der Waals surface area contributed by atoms with Crippen LogP contribution >= 0.6 is 0 Å². The van der Waals surface area contributed by atoms with E-state index in [0.717, 1.165) is 12.8 Å². The number of unbranched alkanes of at least 4 members (excludes halogenated alkanes) is 27. The van der Waals surface area contributed by atoms with E-state index in [1.807, 2.05) is 0 Å². The molecule has 2 nitrogen and oxygen atoms in total. The standard InChI is InChI=1S/C34H68O2/c1-3-5-7-9-11-13-15-17-18-19-20-21-22-24-26-28-30-32-34(35)36-33-31-29-27-25-23-16-14-12-10-8-6-4-2/h3-33H2,1-2H3. The highest BCUT2D eigenvalue weighted by molar-refractivity contribution is 5.69. The molecule has 0 radical (unpaired) electrons. The average Bonchev–Trinajstić information content (AvgIpc) is 2.88. The predicted octanol–water partition coefficient (Wildman–Crippen LogP) is 12.3. The summed E-state index contributed by atoms with van der Waals surface area (Å²) in [4.78, 5) is 11.9. The fourth-order valence-corrected chi connectivity index (χ4v) is 5.20. The van der Waals surface area contributed by atoms with E-state index in [9.17, 15) is 4.79 Å². The molecule has 0 aliphatic heterocycles. The van der Waals surface area contributed by atoms with Crippen LogP contribution in [0.3, 0.4) is 0 Å². The average molecular weight is 509 g/mol. The lowest BCUT2D eigenvalue weighted by atomic mass is 10.0. The van der Waals surface area contributed by atoms with E-state index in [1.54, 1.807) is 0 Å². The Labute approximate surface area is 228 Å². The summed E-state index contributed by atoms with van der Waals surface area (Å²) >= 11 is 0. The van der Waals surface area contributed by atoms with Crippen molar-refractivity contribution in [1.29, 1.82) is 0 Å². The summed E-state index contributed by atoms with van der Waals surface area (Å²) < 4.78 is 5.42. The van der Waals surface area contributed by atoms with Gasteiger partial charge < -0.3 is 4.74 Å². The van der Waals surface area contributed by atoms with Crippen LogP contribution in [0.4, 0.5) is 0 Å². The molecule has 0 spiro atoms. The Kier molecular flexibility index (Phi) is 32.0. The van der Waals surface area contributed by atoms with Gasteiger partial charge in [-0.2, -0.15) is 0 Å². The molecule has 0 aliphatic carbocycles. The molecule has 0 aromatic heterocycles. The molecular formula is C34H68O2. The second-order valence-electron chi connectivity index (χ2n) is 11.5. The van der Waals surface area contributed by atoms with E-state index < -0.39 is 0 Å². The summed E-state index contributed by atoms with van der Waals surface area (Å²) in [5, 5.41) is 0. The van der Waals surface area contributed by atoms with Crippen molar-refractivity contribution in [3.8, 4) is 0 Å². The van der Waals surface area contributed by atoms with Gasteiger partial charge in [-0.1, -0.05) is 187 Å². The third kappa shape index (κ3) is 31.5. The lowest BCUT2D eigenvalue weighted by Crippen LogP contribution is -2.05. The third-order valence-corrected chi connectivity index (χ3v) is 7.75. The first-order valence-electron chi connectivity index (χ1n) is 17.0. The quantitative estimate of drug-likeness (QED) is 0.0687. The Hall–Kier alpha value is -0.530. The van der Waals surface area contributed by atoms with Gasteiger partial charge in [0, 0.05) is 6.42 Å². The molecule has 0 heterocycles. The van der Waals surface area contributed by atoms with Gasteiger partial charge in [-0.15, -0.1) is 0 Å². The highest BCUT2D eigenvalue weighted by atomic mass is 16.5. The largest absolute Gasteiger partial charge is 0.466 e. The zero-order valence-electron chi connectivity index (χ0n) is 25.2. The van der Waals surface area contributed by atoms with Crippen LogP contribution in [-0.4, -0.2) is 12.6 Å². The molecule has 0 bridgehead atoms. The molecule has 0 atom stereocenters. The van der Waals surface area contributed by atoms with Crippen LogP contribution in [0, 0.1) is 0 Å². The molecule has 0 rings (SSSR count). The smallest absolute Gasteiger partial charge is 0.305 e. The summed E-state index contributed by atoms with van der Waals surface area (Å²) in [7, 11) is 0. The molecule has 0 saturated heterocycles. The topological polar surface area (TPSA) is 26.3 Å². The van der Waals surface area contributed by atoms with Gasteiger partial charge in [0.2, 0.25) is 0 Å². The molecule has 0 amide bonds. The van der Waals surface area contributed by atoms with Crippen LogP contribution < -0.4 is 0 Å². The fourth-order valence-electron chi connectivity index (χ4n) is 5.20. The van der Waals surface area contributed by atoms with Crippen molar-refractivity contribution in [2.75, 3.05) is 6.61 Å². The van der Waals surface area contributed by atoms with Crippen LogP contribution in [0.1, 0.15) is 206 Å². The first kappa shape index (κ1) is 35.5. The highest BCUT2D eigenvalue weighted by Gasteiger charge is 2.02. The molecule has 0 aliphatic rings. The van der Waals surface area contributed by atoms with Crippen molar-refractivity contribution < 1.29 is 9.53 Å². The zero-order valence-corrected chi connectivity index (χ0v) is 25.2. The Morgan fingerprint density at radius 3 is 0.917 bits per heavy atom. The van der Waals surface area contributed by atoms with Crippen LogP contribution in [0.25, 0.3) is 0 Å². The van der Waals surface area contributed by atoms with Crippen LogP contribution in [0.5, 0.6) is 0 Å². The minimum absolute atomic E-state index is 0.0269. The molecule has 0 fully saturated rings. The Bertz CT molecular complexity index is 406. The number of carbonyl (C=O) groups is 1. The predicted molar refractivity (Wildman–Crippen MR) is 161 cm³/mol. The number of esters is 1. The SMILES string of the molecule is CCCCCCCCCCCCCCCCCCCC(=O)OCCCCCCCCCCCCCC. The summed E-state index contributed by atoms with van der Waals surface area (Å²) in [6.07, 6.45) is 40.1. The van der Waals surface area contributed by atoms with Crippen molar-refractivity contribution in [2.45, 2.75) is 206 Å². The molecule has 0 saturated carbocycles. The van der Waals surface area contributed by atoms with Crippen molar-refractivity contribution in [2.24, 2.45) is 0 Å². The molecule has 0 unspecified atom stereocenters. The summed E-state index contributed by atoms with van der Waals surface area (Å²) in [5.41, 5.74) is 0. The van der Waals surface area contributed by atoms with Gasteiger partial charge in [0.05, 0.1) is 6.61 Å². The van der Waals surface area contributed by atoms with E-state index in [0.29, 0.717) is 13.0 Å². The lowest BCUT2D eigenvalue weighted by molar-refractivity contribution is -0.143. The first-order valence-corrected chi connectivity index (χ1v) is 17.0. The Morgan fingerprint density at radius 1 is 0.361 bits per heavy atom. The molecule has 0 aromatic carbocycles. The van der Waals surface area contributed by atoms with Gasteiger partial charge in [-0.05, 0) is 12.8 Å². The van der Waals surface area contributed by atoms with Gasteiger partial charge in [0.1, 0.15) is 0 Å². The third-order valence-electron chi connectivity index (χ3n) is 7.75. The maximum Gasteiger partial charge on any atom is 0.305 e. The normalized spacial score (nSPS) is 11.3. The number of rotatable bonds is 31. The number of hydrogen-bond donors (Lipinski definition) is 0. The molecule has 216 valence electrons. The second kappa shape index (κ2) is 32.5. The summed E-state index contributed by atoms with van der Waals surface area (Å²) in [5.74, 6) is 0.0269. The molecule has 36 heavy (non-hydrogen) atoms. The van der Waals surface area contributed by atoms with Crippen molar-refractivity contribution in [3.05, 3.63) is 0 Å². The van der Waals surface area contributed by atoms with Gasteiger partial charge in [-0.3, -0.25) is 4.79 Å². The van der Waals surface area contributed by atoms with Gasteiger partial charge in [0.15, 0.2) is 0 Å². The van der Waals surface area contributed by atoms with Crippen LogP contribution in [-0.2, 0) is 9.53 Å². The number of ether oxygens (including phenoxy) is 1. The zero-order chi connectivity index (χ0) is 26.2. The minimum Gasteiger partial charge on any atom is -0.466 e. The summed E-state index contributed by atoms with van der Waals surface area (Å²) in [6.45, 7) is 5.21. The maximum atomic E-state index is 11.9. The maximum absolute atomic E-state index is 11.9. The molecule has 2 heteroatoms. The van der Waals surface area contributed by atoms with Gasteiger partial charge in [0.25, 0.3) is 0 Å².